The van der Waals surface area contributed by atoms with Gasteiger partial charge in [0.05, 0.1) is 0 Å². The Morgan fingerprint density at radius 2 is 0.467 bits per heavy atom. The van der Waals surface area contributed by atoms with Crippen molar-refractivity contribution in [3.63, 3.8) is 0 Å². The van der Waals surface area contributed by atoms with Gasteiger partial charge < -0.3 is 16.0 Å². The van der Waals surface area contributed by atoms with Crippen molar-refractivity contribution in [1.82, 2.24) is 16.0 Å². The van der Waals surface area contributed by atoms with Crippen molar-refractivity contribution in [3.05, 3.63) is 0 Å². The first kappa shape index (κ1) is 84.3. The Balaban J connectivity index is 0.0000295. The Labute approximate surface area is 575 Å². The van der Waals surface area contributed by atoms with Crippen LogP contribution in [0, 0.1) is 29.6 Å². The molecule has 0 spiro atoms. The van der Waals surface area contributed by atoms with Crippen LogP contribution in [-0.2, 0) is 19.2 Å². The van der Waals surface area contributed by atoms with Crippen LogP contribution in [0.5, 0.6) is 0 Å². The number of carbonyl (C=O) groups is 4. The average Bonchev–Trinajstić information content (AvgIpc) is 0.984. The number of ketones is 1. The lowest BCUT2D eigenvalue weighted by atomic mass is 9.63. The fourth-order valence-corrected chi connectivity index (χ4v) is 17.1. The van der Waals surface area contributed by atoms with Crippen LogP contribution >= 0.6 is 0 Å². The van der Waals surface area contributed by atoms with E-state index in [1.807, 2.05) is 0 Å². The SMILES string of the molecule is CCCCCCCCCCCCCCCCCC(=O)C[C@@H]1CCCC[C@H]1NC(=O)CCCCCCC1CC(CCCCCCCC)C(CCCCCCCC)CC1CCCCCCC(=O)N[C@H]1CCCC[C@@H]1NC(=O)CCCCCCCCCCCCCCCCC.[HH]. The summed E-state index contributed by atoms with van der Waals surface area (Å²) >= 11 is 0. The monoisotopic (exact) mass is 1290 g/mol. The number of hydrogen-bond acceptors (Lipinski definition) is 4. The molecular weight excluding hydrogens is 1130 g/mol. The maximum absolute atomic E-state index is 13.5. The standard InChI is InChI=1S/C85H161N3O4.H2/c1-5-9-13-17-21-23-25-27-29-31-33-35-37-41-51-64-79(89)73-78-63-55-56-65-80(78)86-83(90)68-53-45-43-49-61-76-71-74(59-47-39-19-15-11-7-3)75(60-48-40-20-16-12-8-4)72-77(76)62-50-44-46-54-70-85(92)88-82-67-58-57-66-81(82)87-84(91)69-52-42-38-36-34-32-30-28-26-24-22-18-14-10-6-2;/h74-78,80-82H,5-73H2,1-4H3,(H,86,90)(H,87,91)(H,88,92);1H/t74?,75?,76?,77?,78-,80+,81-,82-;/m0./s1. The molecule has 3 aliphatic rings. The second-order valence-electron chi connectivity index (χ2n) is 31.5. The van der Waals surface area contributed by atoms with Crippen molar-refractivity contribution in [3.8, 4) is 0 Å². The molecule has 0 radical (unpaired) electrons. The summed E-state index contributed by atoms with van der Waals surface area (Å²) in [6, 6.07) is 0.320. The van der Waals surface area contributed by atoms with Gasteiger partial charge in [0.2, 0.25) is 17.7 Å². The molecule has 0 heterocycles. The summed E-state index contributed by atoms with van der Waals surface area (Å²) in [5, 5.41) is 10.2. The number of carbonyl (C=O) groups excluding carboxylic acids is 4. The van der Waals surface area contributed by atoms with Crippen LogP contribution in [0.25, 0.3) is 0 Å². The maximum Gasteiger partial charge on any atom is 0.220 e. The van der Waals surface area contributed by atoms with E-state index in [2.05, 4.69) is 43.6 Å². The van der Waals surface area contributed by atoms with Crippen LogP contribution in [0.3, 0.4) is 0 Å². The van der Waals surface area contributed by atoms with Crippen LogP contribution in [0.15, 0.2) is 0 Å². The molecule has 7 heteroatoms. The molecule has 3 fully saturated rings. The Bertz CT molecular complexity index is 1570. The molecule has 542 valence electrons. The van der Waals surface area contributed by atoms with Crippen LogP contribution in [-0.4, -0.2) is 41.6 Å². The number of Topliss-reactive ketones (excluding diaryl/α,β-unsaturated/α-hetero) is 1. The summed E-state index contributed by atoms with van der Waals surface area (Å²) < 4.78 is 0. The largest absolute Gasteiger partial charge is 0.353 e. The minimum Gasteiger partial charge on any atom is -0.353 e. The molecule has 3 rings (SSSR count). The zero-order chi connectivity index (χ0) is 65.8. The molecule has 3 N–H and O–H groups in total. The Morgan fingerprint density at radius 1 is 0.250 bits per heavy atom. The lowest BCUT2D eigenvalue weighted by molar-refractivity contribution is -0.125. The van der Waals surface area contributed by atoms with E-state index in [-0.39, 0.29) is 37.3 Å². The predicted molar refractivity (Wildman–Crippen MR) is 402 cm³/mol. The number of nitrogens with one attached hydrogen (secondary N) is 3. The van der Waals surface area contributed by atoms with Crippen molar-refractivity contribution < 1.29 is 20.6 Å². The summed E-state index contributed by atoms with van der Waals surface area (Å²) in [5.41, 5.74) is 0. The topological polar surface area (TPSA) is 104 Å². The molecule has 0 aromatic heterocycles. The summed E-state index contributed by atoms with van der Waals surface area (Å²) in [4.78, 5) is 53.2. The molecular formula is C85H163N3O4. The molecule has 0 aromatic rings. The number of amides is 3. The molecule has 0 aromatic carbocycles. The average molecular weight is 1290 g/mol. The zero-order valence-electron chi connectivity index (χ0n) is 62.5. The van der Waals surface area contributed by atoms with E-state index in [0.29, 0.717) is 37.4 Å². The highest BCUT2D eigenvalue weighted by Crippen LogP contribution is 2.47. The Morgan fingerprint density at radius 3 is 0.750 bits per heavy atom. The Hall–Kier alpha value is -1.92. The number of rotatable bonds is 65. The van der Waals surface area contributed by atoms with Gasteiger partial charge in [-0.15, -0.1) is 0 Å². The summed E-state index contributed by atoms with van der Waals surface area (Å²) in [5.74, 6) is 4.77. The van der Waals surface area contributed by atoms with E-state index in [4.69, 9.17) is 0 Å². The van der Waals surface area contributed by atoms with Gasteiger partial charge in [-0.05, 0) is 93.8 Å². The highest BCUT2D eigenvalue weighted by Gasteiger charge is 2.36. The fraction of sp³-hybridized carbons (Fsp3) is 0.953. The number of hydrogen-bond donors (Lipinski definition) is 3. The van der Waals surface area contributed by atoms with Gasteiger partial charge in [0.25, 0.3) is 0 Å². The minimum atomic E-state index is 0. The fourth-order valence-electron chi connectivity index (χ4n) is 17.1. The van der Waals surface area contributed by atoms with Crippen molar-refractivity contribution in [2.24, 2.45) is 29.6 Å². The van der Waals surface area contributed by atoms with Crippen LogP contribution in [0.2, 0.25) is 0 Å². The first-order valence-electron chi connectivity index (χ1n) is 42.7. The van der Waals surface area contributed by atoms with E-state index in [9.17, 15) is 19.2 Å². The van der Waals surface area contributed by atoms with Gasteiger partial charge in [-0.2, -0.15) is 0 Å². The van der Waals surface area contributed by atoms with E-state index < -0.39 is 0 Å². The maximum atomic E-state index is 13.5. The zero-order valence-corrected chi connectivity index (χ0v) is 62.5. The van der Waals surface area contributed by atoms with Crippen LogP contribution < -0.4 is 16.0 Å². The smallest absolute Gasteiger partial charge is 0.220 e. The molecule has 3 saturated carbocycles. The van der Waals surface area contributed by atoms with Crippen LogP contribution in [0.1, 0.15) is 472 Å². The molecule has 0 aliphatic heterocycles. The van der Waals surface area contributed by atoms with Crippen molar-refractivity contribution in [2.45, 2.75) is 489 Å². The third-order valence-electron chi connectivity index (χ3n) is 23.1. The van der Waals surface area contributed by atoms with E-state index in [1.54, 1.807) is 0 Å². The first-order chi connectivity index (χ1) is 45.3. The molecule has 0 saturated heterocycles. The number of unbranched alkanes of at least 4 members (excludes halogenated alkanes) is 44. The quantitative estimate of drug-likeness (QED) is 0.0528. The second kappa shape index (κ2) is 61.4. The van der Waals surface area contributed by atoms with Gasteiger partial charge in [0.1, 0.15) is 5.78 Å². The third kappa shape index (κ3) is 46.3. The third-order valence-corrected chi connectivity index (χ3v) is 23.1. The second-order valence-corrected chi connectivity index (χ2v) is 31.5. The van der Waals surface area contributed by atoms with Gasteiger partial charge in [-0.1, -0.05) is 374 Å². The minimum absolute atomic E-state index is 0. The van der Waals surface area contributed by atoms with Gasteiger partial charge in [0.15, 0.2) is 0 Å². The lowest BCUT2D eigenvalue weighted by Gasteiger charge is -2.42. The van der Waals surface area contributed by atoms with Gasteiger partial charge in [-0.25, -0.2) is 0 Å². The van der Waals surface area contributed by atoms with E-state index >= 15 is 0 Å². The summed E-state index contributed by atoms with van der Waals surface area (Å²) in [6.45, 7) is 9.25. The molecule has 92 heavy (non-hydrogen) atoms. The van der Waals surface area contributed by atoms with Gasteiger partial charge in [0, 0.05) is 51.7 Å². The van der Waals surface area contributed by atoms with Crippen molar-refractivity contribution in [1.29, 1.82) is 0 Å². The van der Waals surface area contributed by atoms with E-state index in [0.717, 1.165) is 114 Å². The summed E-state index contributed by atoms with van der Waals surface area (Å²) in [6.07, 6.45) is 86.5. The Kier molecular flexibility index (Phi) is 56.3. The van der Waals surface area contributed by atoms with Crippen molar-refractivity contribution >= 4 is 23.5 Å². The van der Waals surface area contributed by atoms with Crippen LogP contribution in [0.4, 0.5) is 0 Å². The molecule has 3 aliphatic carbocycles. The molecule has 8 atom stereocenters. The first-order valence-corrected chi connectivity index (χ1v) is 42.7. The molecule has 0 bridgehead atoms. The predicted octanol–water partition coefficient (Wildman–Crippen LogP) is 26.4. The molecule has 7 nitrogen and oxygen atoms in total. The molecule has 4 unspecified atom stereocenters. The highest BCUT2D eigenvalue weighted by molar-refractivity contribution is 5.79. The van der Waals surface area contributed by atoms with Crippen molar-refractivity contribution in [2.75, 3.05) is 0 Å². The summed E-state index contributed by atoms with van der Waals surface area (Å²) in [7, 11) is 0. The highest BCUT2D eigenvalue weighted by atomic mass is 16.2. The lowest BCUT2D eigenvalue weighted by Crippen LogP contribution is -2.53. The van der Waals surface area contributed by atoms with Gasteiger partial charge in [-0.3, -0.25) is 19.2 Å². The normalized spacial score (nSPS) is 21.0. The van der Waals surface area contributed by atoms with Gasteiger partial charge >= 0.3 is 0 Å². The molecule has 3 amide bonds. The van der Waals surface area contributed by atoms with E-state index in [1.165, 1.54) is 327 Å².